The van der Waals surface area contributed by atoms with E-state index in [4.69, 9.17) is 10.5 Å². The van der Waals surface area contributed by atoms with Crippen molar-refractivity contribution in [3.63, 3.8) is 0 Å². The monoisotopic (exact) mass is 189 g/mol. The fourth-order valence-corrected chi connectivity index (χ4v) is 1.11. The number of benzene rings is 1. The van der Waals surface area contributed by atoms with Crippen LogP contribution in [0.15, 0.2) is 24.3 Å². The summed E-state index contributed by atoms with van der Waals surface area (Å²) in [5, 5.41) is 0. The van der Waals surface area contributed by atoms with Crippen LogP contribution in [0.25, 0.3) is 0 Å². The van der Waals surface area contributed by atoms with E-state index in [0.717, 1.165) is 12.2 Å². The minimum atomic E-state index is 0.451. The molecular formula is C12H15NO. The smallest absolute Gasteiger partial charge is 0.149 e. The number of rotatable bonds is 4. The molecule has 0 aliphatic rings. The zero-order valence-electron chi connectivity index (χ0n) is 8.42. The van der Waals surface area contributed by atoms with Gasteiger partial charge in [-0.1, -0.05) is 18.1 Å². The van der Waals surface area contributed by atoms with E-state index in [2.05, 4.69) is 11.8 Å². The topological polar surface area (TPSA) is 35.2 Å². The number of hydrogen-bond donors (Lipinski definition) is 1. The van der Waals surface area contributed by atoms with Crippen LogP contribution in [0, 0.1) is 11.8 Å². The zero-order valence-corrected chi connectivity index (χ0v) is 8.42. The highest BCUT2D eigenvalue weighted by Gasteiger charge is 1.93. The molecule has 2 nitrogen and oxygen atoms in total. The van der Waals surface area contributed by atoms with Crippen LogP contribution in [-0.2, 0) is 6.42 Å². The van der Waals surface area contributed by atoms with Gasteiger partial charge in [0.05, 0.1) is 0 Å². The van der Waals surface area contributed by atoms with Crippen LogP contribution >= 0.6 is 0 Å². The quantitative estimate of drug-likeness (QED) is 0.730. The zero-order chi connectivity index (χ0) is 10.2. The van der Waals surface area contributed by atoms with Gasteiger partial charge in [-0.05, 0) is 37.6 Å². The first-order valence-electron chi connectivity index (χ1n) is 4.68. The van der Waals surface area contributed by atoms with E-state index >= 15 is 0 Å². The largest absolute Gasteiger partial charge is 0.481 e. The van der Waals surface area contributed by atoms with Gasteiger partial charge in [0.2, 0.25) is 0 Å². The van der Waals surface area contributed by atoms with Crippen molar-refractivity contribution in [2.75, 3.05) is 13.2 Å². The van der Waals surface area contributed by atoms with Crippen molar-refractivity contribution in [2.45, 2.75) is 13.3 Å². The second-order valence-electron chi connectivity index (χ2n) is 2.90. The third-order valence-corrected chi connectivity index (χ3v) is 1.84. The van der Waals surface area contributed by atoms with Gasteiger partial charge in [0, 0.05) is 0 Å². The van der Waals surface area contributed by atoms with Crippen molar-refractivity contribution in [1.29, 1.82) is 0 Å². The Kier molecular flexibility index (Phi) is 4.60. The molecule has 0 aliphatic heterocycles. The van der Waals surface area contributed by atoms with Crippen molar-refractivity contribution in [1.82, 2.24) is 0 Å². The molecule has 2 N–H and O–H groups in total. The molecule has 2 heteroatoms. The predicted octanol–water partition coefficient (Wildman–Crippen LogP) is 1.59. The molecule has 0 radical (unpaired) electrons. The summed E-state index contributed by atoms with van der Waals surface area (Å²) in [5.41, 5.74) is 6.68. The highest BCUT2D eigenvalue weighted by atomic mass is 16.5. The van der Waals surface area contributed by atoms with Crippen LogP contribution in [0.5, 0.6) is 5.75 Å². The summed E-state index contributed by atoms with van der Waals surface area (Å²) in [6.07, 6.45) is 0.912. The summed E-state index contributed by atoms with van der Waals surface area (Å²) < 4.78 is 5.37. The molecule has 0 amide bonds. The molecular weight excluding hydrogens is 174 g/mol. The second-order valence-corrected chi connectivity index (χ2v) is 2.90. The summed E-state index contributed by atoms with van der Waals surface area (Å²) in [6.45, 7) is 2.93. The van der Waals surface area contributed by atoms with Gasteiger partial charge in [0.25, 0.3) is 0 Å². The average molecular weight is 189 g/mol. The summed E-state index contributed by atoms with van der Waals surface area (Å²) in [4.78, 5) is 0. The van der Waals surface area contributed by atoms with E-state index in [0.29, 0.717) is 13.2 Å². The van der Waals surface area contributed by atoms with Crippen LogP contribution in [0.4, 0.5) is 0 Å². The molecule has 0 unspecified atom stereocenters. The molecule has 0 bridgehead atoms. The molecule has 0 atom stereocenters. The summed E-state index contributed by atoms with van der Waals surface area (Å²) in [5.74, 6) is 6.48. The maximum Gasteiger partial charge on any atom is 0.149 e. The van der Waals surface area contributed by atoms with E-state index < -0.39 is 0 Å². The summed E-state index contributed by atoms with van der Waals surface area (Å²) >= 11 is 0. The van der Waals surface area contributed by atoms with E-state index in [1.807, 2.05) is 24.3 Å². The molecule has 0 spiro atoms. The van der Waals surface area contributed by atoms with Gasteiger partial charge < -0.3 is 10.5 Å². The minimum absolute atomic E-state index is 0.451. The van der Waals surface area contributed by atoms with Gasteiger partial charge in [-0.3, -0.25) is 0 Å². The van der Waals surface area contributed by atoms with Gasteiger partial charge >= 0.3 is 0 Å². The first kappa shape index (κ1) is 10.6. The maximum absolute atomic E-state index is 5.45. The molecule has 74 valence electrons. The van der Waals surface area contributed by atoms with Gasteiger partial charge in [-0.25, -0.2) is 0 Å². The molecule has 14 heavy (non-hydrogen) atoms. The highest BCUT2D eigenvalue weighted by Crippen LogP contribution is 2.11. The molecule has 0 heterocycles. The maximum atomic E-state index is 5.45. The van der Waals surface area contributed by atoms with Crippen molar-refractivity contribution in [3.05, 3.63) is 29.8 Å². The van der Waals surface area contributed by atoms with Crippen LogP contribution in [0.3, 0.4) is 0 Å². The van der Waals surface area contributed by atoms with Crippen LogP contribution in [0.1, 0.15) is 12.5 Å². The number of ether oxygens (including phenoxy) is 1. The number of nitrogens with two attached hydrogens (primary N) is 1. The second kappa shape index (κ2) is 6.06. The molecule has 0 aliphatic carbocycles. The van der Waals surface area contributed by atoms with E-state index in [1.54, 1.807) is 6.92 Å². The molecule has 0 fully saturated rings. The Hall–Kier alpha value is -1.46. The molecule has 0 saturated carbocycles. The van der Waals surface area contributed by atoms with Crippen LogP contribution in [-0.4, -0.2) is 13.2 Å². The van der Waals surface area contributed by atoms with E-state index in [9.17, 15) is 0 Å². The third-order valence-electron chi connectivity index (χ3n) is 1.84. The number of hydrogen-bond acceptors (Lipinski definition) is 2. The molecule has 0 saturated heterocycles. The summed E-state index contributed by atoms with van der Waals surface area (Å²) in [6, 6.07) is 7.95. The predicted molar refractivity (Wildman–Crippen MR) is 58.1 cm³/mol. The standard InChI is InChI=1S/C12H15NO/c1-2-3-10-14-12-6-4-11(5-7-12)8-9-13/h4-7H,8-10,13H2,1H3. The Labute approximate surface area is 85.1 Å². The fourth-order valence-electron chi connectivity index (χ4n) is 1.11. The first-order valence-corrected chi connectivity index (χ1v) is 4.68. The van der Waals surface area contributed by atoms with Crippen molar-refractivity contribution >= 4 is 0 Å². The van der Waals surface area contributed by atoms with Crippen molar-refractivity contribution in [2.24, 2.45) is 5.73 Å². The van der Waals surface area contributed by atoms with Gasteiger partial charge in [0.1, 0.15) is 12.4 Å². The Balaban J connectivity index is 2.49. The lowest BCUT2D eigenvalue weighted by molar-refractivity contribution is 0.370. The van der Waals surface area contributed by atoms with Gasteiger partial charge in [-0.2, -0.15) is 0 Å². The Morgan fingerprint density at radius 3 is 2.57 bits per heavy atom. The minimum Gasteiger partial charge on any atom is -0.481 e. The Morgan fingerprint density at radius 1 is 1.29 bits per heavy atom. The molecule has 0 aromatic heterocycles. The third kappa shape index (κ3) is 3.51. The highest BCUT2D eigenvalue weighted by molar-refractivity contribution is 5.27. The van der Waals surface area contributed by atoms with Crippen LogP contribution in [0.2, 0.25) is 0 Å². The SMILES string of the molecule is CC#CCOc1ccc(CCN)cc1. The van der Waals surface area contributed by atoms with E-state index in [-0.39, 0.29) is 0 Å². The molecule has 1 aromatic carbocycles. The van der Waals surface area contributed by atoms with Crippen molar-refractivity contribution in [3.8, 4) is 17.6 Å². The molecule has 1 rings (SSSR count). The molecule has 1 aromatic rings. The Morgan fingerprint density at radius 2 is 2.00 bits per heavy atom. The lowest BCUT2D eigenvalue weighted by Gasteiger charge is -2.03. The van der Waals surface area contributed by atoms with Gasteiger partial charge in [0.15, 0.2) is 0 Å². The fraction of sp³-hybridized carbons (Fsp3) is 0.333. The van der Waals surface area contributed by atoms with Crippen molar-refractivity contribution < 1.29 is 4.74 Å². The lowest BCUT2D eigenvalue weighted by atomic mass is 10.1. The lowest BCUT2D eigenvalue weighted by Crippen LogP contribution is -2.02. The first-order chi connectivity index (χ1) is 6.86. The normalized spacial score (nSPS) is 9.00. The average Bonchev–Trinajstić information content (AvgIpc) is 2.21. The van der Waals surface area contributed by atoms with E-state index in [1.165, 1.54) is 5.56 Å². The van der Waals surface area contributed by atoms with Crippen LogP contribution < -0.4 is 10.5 Å². The van der Waals surface area contributed by atoms with Gasteiger partial charge in [-0.15, -0.1) is 5.92 Å². The summed E-state index contributed by atoms with van der Waals surface area (Å²) in [7, 11) is 0. The Bertz CT molecular complexity index is 318.